The number of carbonyl (C=O) groups is 1. The zero-order valence-electron chi connectivity index (χ0n) is 11.5. The first kappa shape index (κ1) is 14.9. The summed E-state index contributed by atoms with van der Waals surface area (Å²) in [6.45, 7) is 2.20. The van der Waals surface area contributed by atoms with Crippen LogP contribution in [-0.4, -0.2) is 50.1 Å². The molecule has 0 aromatic carbocycles. The van der Waals surface area contributed by atoms with Gasteiger partial charge in [-0.3, -0.25) is 9.69 Å². The third-order valence-electron chi connectivity index (χ3n) is 3.43. The summed E-state index contributed by atoms with van der Waals surface area (Å²) >= 11 is 0. The van der Waals surface area contributed by atoms with E-state index >= 15 is 0 Å². The van der Waals surface area contributed by atoms with E-state index in [2.05, 4.69) is 16.7 Å². The molecule has 18 heavy (non-hydrogen) atoms. The molecule has 0 bridgehead atoms. The maximum absolute atomic E-state index is 11.9. The summed E-state index contributed by atoms with van der Waals surface area (Å²) in [7, 11) is 3.85. The molecule has 0 unspecified atom stereocenters. The van der Waals surface area contributed by atoms with Gasteiger partial charge in [-0.15, -0.1) is 0 Å². The minimum Gasteiger partial charge on any atom is -0.337 e. The van der Waals surface area contributed by atoms with Gasteiger partial charge in [0, 0.05) is 0 Å². The van der Waals surface area contributed by atoms with E-state index in [-0.39, 0.29) is 5.91 Å². The van der Waals surface area contributed by atoms with Crippen LogP contribution in [0.25, 0.3) is 0 Å². The standard InChI is InChI=1S/C13H24N4O/c1-15-8-5-9-17(2)10-12(18)16-13(11-14)6-3-4-7-13/h15H,3-10H2,1-2H3,(H,16,18). The minimum absolute atomic E-state index is 0.0367. The molecule has 5 heteroatoms. The smallest absolute Gasteiger partial charge is 0.235 e. The highest BCUT2D eigenvalue weighted by Crippen LogP contribution is 2.28. The summed E-state index contributed by atoms with van der Waals surface area (Å²) in [4.78, 5) is 13.9. The topological polar surface area (TPSA) is 68.2 Å². The molecule has 1 saturated carbocycles. The molecule has 1 amide bonds. The summed E-state index contributed by atoms with van der Waals surface area (Å²) in [6, 6.07) is 2.27. The number of rotatable bonds is 7. The second-order valence-corrected chi connectivity index (χ2v) is 5.14. The van der Waals surface area contributed by atoms with Crippen molar-refractivity contribution in [2.75, 3.05) is 33.7 Å². The number of amides is 1. The molecule has 5 nitrogen and oxygen atoms in total. The van der Waals surface area contributed by atoms with E-state index in [4.69, 9.17) is 0 Å². The number of hydrogen-bond acceptors (Lipinski definition) is 4. The van der Waals surface area contributed by atoms with E-state index in [1.165, 1.54) is 0 Å². The van der Waals surface area contributed by atoms with Gasteiger partial charge < -0.3 is 10.6 Å². The lowest BCUT2D eigenvalue weighted by molar-refractivity contribution is -0.123. The van der Waals surface area contributed by atoms with Crippen LogP contribution < -0.4 is 10.6 Å². The van der Waals surface area contributed by atoms with Crippen LogP contribution in [0.4, 0.5) is 0 Å². The number of carbonyl (C=O) groups excluding carboxylic acids is 1. The van der Waals surface area contributed by atoms with Crippen LogP contribution in [-0.2, 0) is 4.79 Å². The van der Waals surface area contributed by atoms with Gasteiger partial charge in [0.05, 0.1) is 12.6 Å². The molecule has 0 spiro atoms. The quantitative estimate of drug-likeness (QED) is 0.647. The maximum atomic E-state index is 11.9. The molecule has 1 aliphatic rings. The average molecular weight is 252 g/mol. The number of nitrogens with zero attached hydrogens (tertiary/aromatic N) is 2. The van der Waals surface area contributed by atoms with Gasteiger partial charge in [-0.05, 0) is 59.3 Å². The second kappa shape index (κ2) is 7.34. The SMILES string of the molecule is CNCCCN(C)CC(=O)NC1(C#N)CCCC1. The first-order chi connectivity index (χ1) is 8.62. The van der Waals surface area contributed by atoms with Crippen molar-refractivity contribution < 1.29 is 4.79 Å². The zero-order chi connectivity index (χ0) is 13.4. The van der Waals surface area contributed by atoms with Crippen molar-refractivity contribution in [3.05, 3.63) is 0 Å². The van der Waals surface area contributed by atoms with Crippen LogP contribution in [0.2, 0.25) is 0 Å². The maximum Gasteiger partial charge on any atom is 0.235 e. The largest absolute Gasteiger partial charge is 0.337 e. The lowest BCUT2D eigenvalue weighted by Gasteiger charge is -2.24. The molecule has 0 aromatic rings. The van der Waals surface area contributed by atoms with Gasteiger partial charge in [-0.25, -0.2) is 0 Å². The monoisotopic (exact) mass is 252 g/mol. The number of likely N-dealkylation sites (N-methyl/N-ethyl adjacent to an activating group) is 1. The van der Waals surface area contributed by atoms with E-state index in [1.807, 2.05) is 19.0 Å². The predicted octanol–water partition coefficient (Wildman–Crippen LogP) is 0.480. The van der Waals surface area contributed by atoms with Gasteiger partial charge >= 0.3 is 0 Å². The molecule has 1 aliphatic carbocycles. The number of nitrogens with one attached hydrogen (secondary N) is 2. The summed E-state index contributed by atoms with van der Waals surface area (Å²) in [5, 5.41) is 15.2. The third kappa shape index (κ3) is 4.63. The molecular weight excluding hydrogens is 228 g/mol. The first-order valence-electron chi connectivity index (χ1n) is 6.67. The minimum atomic E-state index is -0.594. The van der Waals surface area contributed by atoms with Gasteiger partial charge in [0.25, 0.3) is 0 Å². The fourth-order valence-electron chi connectivity index (χ4n) is 2.40. The van der Waals surface area contributed by atoms with Crippen molar-refractivity contribution in [2.24, 2.45) is 0 Å². The van der Waals surface area contributed by atoms with Gasteiger partial charge in [0.1, 0.15) is 5.54 Å². The van der Waals surface area contributed by atoms with E-state index in [0.29, 0.717) is 6.54 Å². The molecule has 102 valence electrons. The number of nitriles is 1. The second-order valence-electron chi connectivity index (χ2n) is 5.14. The molecule has 0 aromatic heterocycles. The van der Waals surface area contributed by atoms with Gasteiger partial charge in [-0.2, -0.15) is 5.26 Å². The lowest BCUT2D eigenvalue weighted by atomic mass is 10.00. The third-order valence-corrected chi connectivity index (χ3v) is 3.43. The molecule has 0 saturated heterocycles. The van der Waals surface area contributed by atoms with Gasteiger partial charge in [0.2, 0.25) is 5.91 Å². The normalized spacial score (nSPS) is 17.7. The Hall–Kier alpha value is -1.12. The first-order valence-corrected chi connectivity index (χ1v) is 6.67. The fraction of sp³-hybridized carbons (Fsp3) is 0.846. The molecule has 0 radical (unpaired) electrons. The molecule has 0 atom stereocenters. The summed E-state index contributed by atoms with van der Waals surface area (Å²) in [5.74, 6) is -0.0367. The van der Waals surface area contributed by atoms with Crippen molar-refractivity contribution in [1.82, 2.24) is 15.5 Å². The Kier molecular flexibility index (Phi) is 6.10. The Morgan fingerprint density at radius 2 is 2.11 bits per heavy atom. The van der Waals surface area contributed by atoms with Crippen LogP contribution in [0.1, 0.15) is 32.1 Å². The van der Waals surface area contributed by atoms with Crippen LogP contribution in [0.3, 0.4) is 0 Å². The highest BCUT2D eigenvalue weighted by molar-refractivity contribution is 5.79. The molecule has 1 rings (SSSR count). The highest BCUT2D eigenvalue weighted by Gasteiger charge is 2.35. The summed E-state index contributed by atoms with van der Waals surface area (Å²) < 4.78 is 0. The van der Waals surface area contributed by atoms with Crippen LogP contribution in [0.15, 0.2) is 0 Å². The van der Waals surface area contributed by atoms with Crippen LogP contribution in [0, 0.1) is 11.3 Å². The van der Waals surface area contributed by atoms with Crippen molar-refractivity contribution in [1.29, 1.82) is 5.26 Å². The van der Waals surface area contributed by atoms with Gasteiger partial charge in [-0.1, -0.05) is 0 Å². The van der Waals surface area contributed by atoms with E-state index in [0.717, 1.165) is 45.2 Å². The average Bonchev–Trinajstić information content (AvgIpc) is 2.78. The van der Waals surface area contributed by atoms with Crippen molar-refractivity contribution in [3.63, 3.8) is 0 Å². The zero-order valence-corrected chi connectivity index (χ0v) is 11.5. The molecule has 2 N–H and O–H groups in total. The lowest BCUT2D eigenvalue weighted by Crippen LogP contribution is -2.48. The number of hydrogen-bond donors (Lipinski definition) is 2. The van der Waals surface area contributed by atoms with Gasteiger partial charge in [0.15, 0.2) is 0 Å². The summed E-state index contributed by atoms with van der Waals surface area (Å²) in [5.41, 5.74) is -0.594. The van der Waals surface area contributed by atoms with Crippen LogP contribution >= 0.6 is 0 Å². The Morgan fingerprint density at radius 3 is 2.67 bits per heavy atom. The molecule has 0 aliphatic heterocycles. The Labute approximate surface area is 110 Å². The Morgan fingerprint density at radius 1 is 1.44 bits per heavy atom. The predicted molar refractivity (Wildman–Crippen MR) is 71.0 cm³/mol. The van der Waals surface area contributed by atoms with E-state index in [9.17, 15) is 10.1 Å². The molecular formula is C13H24N4O. The summed E-state index contributed by atoms with van der Waals surface area (Å²) in [6.07, 6.45) is 4.67. The van der Waals surface area contributed by atoms with E-state index in [1.54, 1.807) is 0 Å². The Balaban J connectivity index is 2.30. The Bertz CT molecular complexity index is 305. The van der Waals surface area contributed by atoms with Crippen molar-refractivity contribution >= 4 is 5.91 Å². The van der Waals surface area contributed by atoms with E-state index < -0.39 is 5.54 Å². The molecule has 1 fully saturated rings. The highest BCUT2D eigenvalue weighted by atomic mass is 16.2. The van der Waals surface area contributed by atoms with Crippen molar-refractivity contribution in [3.8, 4) is 6.07 Å². The molecule has 0 heterocycles. The fourth-order valence-corrected chi connectivity index (χ4v) is 2.40. The van der Waals surface area contributed by atoms with Crippen LogP contribution in [0.5, 0.6) is 0 Å². The van der Waals surface area contributed by atoms with Crippen molar-refractivity contribution in [2.45, 2.75) is 37.6 Å².